The highest BCUT2D eigenvalue weighted by atomic mass is 28.4. The summed E-state index contributed by atoms with van der Waals surface area (Å²) in [5.41, 5.74) is 1.07. The summed E-state index contributed by atoms with van der Waals surface area (Å²) in [7, 11) is -3.23. The van der Waals surface area contributed by atoms with Crippen LogP contribution in [0.3, 0.4) is 0 Å². The Bertz CT molecular complexity index is 1650. The molecule has 1 saturated heterocycles. The summed E-state index contributed by atoms with van der Waals surface area (Å²) >= 11 is 0. The van der Waals surface area contributed by atoms with Crippen molar-refractivity contribution in [2.24, 2.45) is 5.92 Å². The van der Waals surface area contributed by atoms with Gasteiger partial charge in [-0.3, -0.25) is 9.59 Å². The lowest BCUT2D eigenvalue weighted by atomic mass is 9.82. The van der Waals surface area contributed by atoms with Crippen molar-refractivity contribution in [2.45, 2.75) is 50.2 Å². The Morgan fingerprint density at radius 2 is 1.73 bits per heavy atom. The van der Waals surface area contributed by atoms with Gasteiger partial charge in [0.2, 0.25) is 8.41 Å². The Balaban J connectivity index is 1.33. The summed E-state index contributed by atoms with van der Waals surface area (Å²) in [6.07, 6.45) is 1.43. The molecule has 1 spiro atoms. The molecule has 1 aromatic heterocycles. The molecular formula is C31H32FN3O4Si. The minimum absolute atomic E-state index is 0.129. The Morgan fingerprint density at radius 3 is 2.45 bits per heavy atom. The molecule has 2 aliphatic heterocycles. The van der Waals surface area contributed by atoms with Crippen molar-refractivity contribution in [1.82, 2.24) is 9.78 Å². The SMILES string of the molecule is C[C@@H]1[C@@H]([Si](C)(C)F)[C@H](CCO)O[C@@]12C(=O)N(Cc1ccc(-n3ncc4ccccc4c3=O)cc1)c1ccccc12. The van der Waals surface area contributed by atoms with Crippen molar-refractivity contribution in [3.8, 4) is 5.69 Å². The smallest absolute Gasteiger partial charge is 0.279 e. The lowest BCUT2D eigenvalue weighted by molar-refractivity contribution is -0.146. The lowest BCUT2D eigenvalue weighted by Gasteiger charge is -2.31. The van der Waals surface area contributed by atoms with Crippen molar-refractivity contribution in [2.75, 3.05) is 11.5 Å². The zero-order valence-corrected chi connectivity index (χ0v) is 23.8. The number of anilines is 1. The molecule has 0 saturated carbocycles. The highest BCUT2D eigenvalue weighted by Crippen LogP contribution is 2.60. The molecule has 3 heterocycles. The standard InChI is InChI=1S/C31H32FN3O4Si/c1-20-28(40(2,3)32)27(16-17-36)39-31(20)25-10-6-7-11-26(25)34(30(31)38)19-21-12-14-23(15-13-21)35-29(37)24-9-5-4-8-22(24)18-33-35/h4-15,18,20,27-28,36H,16-17,19H2,1-3H3/t20-,27+,28-,31+/m1/s1. The first-order chi connectivity index (χ1) is 19.2. The largest absolute Gasteiger partial charge is 0.396 e. The van der Waals surface area contributed by atoms with Gasteiger partial charge in [-0.2, -0.15) is 9.78 Å². The number of aliphatic hydroxyl groups excluding tert-OH is 1. The molecule has 4 atom stereocenters. The minimum atomic E-state index is -3.23. The molecule has 0 aliphatic carbocycles. The third kappa shape index (κ3) is 4.03. The van der Waals surface area contributed by atoms with Gasteiger partial charge in [-0.15, -0.1) is 0 Å². The number of fused-ring (bicyclic) bond motifs is 3. The van der Waals surface area contributed by atoms with Crippen LogP contribution in [0.1, 0.15) is 24.5 Å². The quantitative estimate of drug-likeness (QED) is 0.264. The van der Waals surface area contributed by atoms with Gasteiger partial charge in [0, 0.05) is 29.0 Å². The highest BCUT2D eigenvalue weighted by Gasteiger charge is 2.66. The predicted octanol–water partition coefficient (Wildman–Crippen LogP) is 5.09. The number of carbonyl (C=O) groups is 1. The van der Waals surface area contributed by atoms with Crippen molar-refractivity contribution in [1.29, 1.82) is 0 Å². The van der Waals surface area contributed by atoms with Crippen LogP contribution < -0.4 is 10.5 Å². The van der Waals surface area contributed by atoms with E-state index in [1.54, 1.807) is 30.3 Å². The molecule has 7 nitrogen and oxygen atoms in total. The van der Waals surface area contributed by atoms with E-state index in [1.807, 2.05) is 73.7 Å². The van der Waals surface area contributed by atoms with Crippen molar-refractivity contribution in [3.63, 3.8) is 0 Å². The molecule has 0 bridgehead atoms. The average molecular weight is 558 g/mol. The van der Waals surface area contributed by atoms with E-state index in [0.29, 0.717) is 17.6 Å². The van der Waals surface area contributed by atoms with E-state index in [0.717, 1.165) is 22.2 Å². The summed E-state index contributed by atoms with van der Waals surface area (Å²) in [6.45, 7) is 5.38. The van der Waals surface area contributed by atoms with Gasteiger partial charge < -0.3 is 18.9 Å². The number of amides is 1. The topological polar surface area (TPSA) is 84.7 Å². The van der Waals surface area contributed by atoms with Crippen molar-refractivity contribution >= 4 is 30.8 Å². The number of halogens is 1. The second kappa shape index (κ2) is 9.76. The molecule has 1 N–H and O–H groups in total. The highest BCUT2D eigenvalue weighted by molar-refractivity contribution is 6.72. The number of carbonyl (C=O) groups excluding carboxylic acids is 1. The number of ether oxygens (including phenoxy) is 1. The van der Waals surface area contributed by atoms with Gasteiger partial charge in [0.05, 0.1) is 35.6 Å². The van der Waals surface area contributed by atoms with Crippen molar-refractivity contribution in [3.05, 3.63) is 100 Å². The number of hydrogen-bond donors (Lipinski definition) is 1. The maximum Gasteiger partial charge on any atom is 0.279 e. The van der Waals surface area contributed by atoms with Crippen LogP contribution in [-0.4, -0.2) is 41.9 Å². The fraction of sp³-hybridized carbons (Fsp3) is 0.323. The van der Waals surface area contributed by atoms with E-state index in [4.69, 9.17) is 4.74 Å². The molecular weight excluding hydrogens is 525 g/mol. The van der Waals surface area contributed by atoms with E-state index in [1.165, 1.54) is 4.68 Å². The number of benzene rings is 3. The van der Waals surface area contributed by atoms with Crippen LogP contribution in [0.15, 0.2) is 83.8 Å². The molecule has 2 aliphatic rings. The van der Waals surface area contributed by atoms with Gasteiger partial charge in [-0.05, 0) is 49.3 Å². The molecule has 0 radical (unpaired) electrons. The summed E-state index contributed by atoms with van der Waals surface area (Å²) in [6, 6.07) is 22.3. The second-order valence-corrected chi connectivity index (χ2v) is 15.1. The van der Waals surface area contributed by atoms with Crippen LogP contribution in [0.2, 0.25) is 18.6 Å². The second-order valence-electron chi connectivity index (χ2n) is 11.3. The zero-order valence-electron chi connectivity index (χ0n) is 22.8. The molecule has 4 aromatic rings. The first-order valence-corrected chi connectivity index (χ1v) is 16.6. The predicted molar refractivity (Wildman–Crippen MR) is 155 cm³/mol. The van der Waals surface area contributed by atoms with Crippen LogP contribution in [0.4, 0.5) is 9.80 Å². The van der Waals surface area contributed by atoms with E-state index in [2.05, 4.69) is 5.10 Å². The number of aliphatic hydroxyl groups is 1. The van der Waals surface area contributed by atoms with Crippen LogP contribution >= 0.6 is 0 Å². The fourth-order valence-electron chi connectivity index (χ4n) is 6.76. The zero-order chi connectivity index (χ0) is 28.2. The fourth-order valence-corrected chi connectivity index (χ4v) is 9.30. The van der Waals surface area contributed by atoms with Crippen LogP contribution in [-0.2, 0) is 21.7 Å². The molecule has 6 rings (SSSR count). The maximum atomic E-state index is 15.6. The average Bonchev–Trinajstić information content (AvgIpc) is 3.37. The van der Waals surface area contributed by atoms with Gasteiger partial charge in [0.25, 0.3) is 11.5 Å². The van der Waals surface area contributed by atoms with Crippen molar-refractivity contribution < 1.29 is 18.7 Å². The normalized spacial score (nSPS) is 24.3. The van der Waals surface area contributed by atoms with E-state index in [9.17, 15) is 14.7 Å². The summed E-state index contributed by atoms with van der Waals surface area (Å²) in [4.78, 5) is 29.0. The number of aromatic nitrogens is 2. The van der Waals surface area contributed by atoms with Crippen LogP contribution in [0.25, 0.3) is 16.5 Å². The molecule has 9 heteroatoms. The molecule has 1 amide bonds. The van der Waals surface area contributed by atoms with Gasteiger partial charge in [-0.1, -0.05) is 55.5 Å². The van der Waals surface area contributed by atoms with Gasteiger partial charge in [0.15, 0.2) is 5.60 Å². The molecule has 0 unspecified atom stereocenters. The van der Waals surface area contributed by atoms with E-state index < -0.39 is 25.7 Å². The van der Waals surface area contributed by atoms with E-state index >= 15 is 4.11 Å². The van der Waals surface area contributed by atoms with Crippen LogP contribution in [0, 0.1) is 5.92 Å². The number of rotatable bonds is 6. The molecule has 40 heavy (non-hydrogen) atoms. The number of nitrogens with zero attached hydrogens (tertiary/aromatic N) is 3. The summed E-state index contributed by atoms with van der Waals surface area (Å²) in [5.74, 6) is -0.594. The summed E-state index contributed by atoms with van der Waals surface area (Å²) in [5, 5.41) is 15.4. The van der Waals surface area contributed by atoms with E-state index in [-0.39, 0.29) is 30.4 Å². The monoisotopic (exact) mass is 557 g/mol. The first-order valence-electron chi connectivity index (χ1n) is 13.6. The van der Waals surface area contributed by atoms with Gasteiger partial charge >= 0.3 is 0 Å². The van der Waals surface area contributed by atoms with Crippen LogP contribution in [0.5, 0.6) is 0 Å². The Morgan fingerprint density at radius 1 is 1.02 bits per heavy atom. The number of para-hydroxylation sites is 1. The lowest BCUT2D eigenvalue weighted by Crippen LogP contribution is -2.45. The van der Waals surface area contributed by atoms with Gasteiger partial charge in [-0.25, -0.2) is 0 Å². The third-order valence-electron chi connectivity index (χ3n) is 8.50. The molecule has 206 valence electrons. The molecule has 3 aromatic carbocycles. The Labute approximate surface area is 233 Å². The van der Waals surface area contributed by atoms with Gasteiger partial charge in [0.1, 0.15) is 0 Å². The first kappa shape index (κ1) is 26.6. The third-order valence-corrected chi connectivity index (χ3v) is 11.0. The maximum absolute atomic E-state index is 15.6. The Kier molecular flexibility index (Phi) is 6.48. The molecule has 1 fully saturated rings. The Hall–Kier alpha value is -3.66. The minimum Gasteiger partial charge on any atom is -0.396 e. The number of hydrogen-bond acceptors (Lipinski definition) is 5. The summed E-state index contributed by atoms with van der Waals surface area (Å²) < 4.78 is 23.5.